The average molecular weight is 313 g/mol. The second-order valence-electron chi connectivity index (χ2n) is 3.92. The van der Waals surface area contributed by atoms with Crippen molar-refractivity contribution in [3.8, 4) is 17.2 Å². The molecule has 8 nitrogen and oxygen atoms in total. The van der Waals surface area contributed by atoms with Gasteiger partial charge in [0.15, 0.2) is 5.69 Å². The second-order valence-corrected chi connectivity index (χ2v) is 4.33. The van der Waals surface area contributed by atoms with Crippen LogP contribution in [-0.2, 0) is 6.61 Å². The van der Waals surface area contributed by atoms with Crippen LogP contribution in [-0.4, -0.2) is 25.1 Å². The molecule has 0 atom stereocenters. The first-order chi connectivity index (χ1) is 10.1. The molecule has 0 bridgehead atoms. The summed E-state index contributed by atoms with van der Waals surface area (Å²) >= 11 is 5.69. The van der Waals surface area contributed by atoms with E-state index in [-0.39, 0.29) is 27.9 Å². The van der Waals surface area contributed by atoms with Crippen molar-refractivity contribution >= 4 is 11.6 Å². The fourth-order valence-corrected chi connectivity index (χ4v) is 1.91. The Morgan fingerprint density at radius 1 is 1.33 bits per heavy atom. The van der Waals surface area contributed by atoms with Crippen LogP contribution >= 0.6 is 11.6 Å². The minimum Gasteiger partial charge on any atom is -0.390 e. The monoisotopic (exact) mass is 312 g/mol. The Bertz CT molecular complexity index is 856. The van der Waals surface area contributed by atoms with Gasteiger partial charge in [0.1, 0.15) is 11.5 Å². The molecule has 1 N–H and O–H groups in total. The summed E-state index contributed by atoms with van der Waals surface area (Å²) < 4.78 is 23.3. The van der Waals surface area contributed by atoms with Crippen molar-refractivity contribution in [3.63, 3.8) is 0 Å². The molecule has 0 unspecified atom stereocenters. The van der Waals surface area contributed by atoms with Crippen LogP contribution in [0.1, 0.15) is 5.69 Å². The predicted molar refractivity (Wildman–Crippen MR) is 66.3 cm³/mol. The Morgan fingerprint density at radius 3 is 2.86 bits per heavy atom. The number of hydrogen-bond donors (Lipinski definition) is 1. The predicted octanol–water partition coefficient (Wildman–Crippen LogP) is 1.16. The molecule has 0 saturated heterocycles. The topological polar surface area (TPSA) is 107 Å². The lowest BCUT2D eigenvalue weighted by atomic mass is 10.2. The number of aliphatic hydroxyl groups excluding tert-OH is 1. The molecular weight excluding hydrogens is 307 g/mol. The minimum atomic E-state index is -0.834. The van der Waals surface area contributed by atoms with E-state index in [1.165, 1.54) is 12.1 Å². The first-order valence-electron chi connectivity index (χ1n) is 5.58. The fraction of sp³-hybridized carbons (Fsp3) is 0.0909. The third kappa shape index (κ3) is 2.22. The van der Waals surface area contributed by atoms with Crippen molar-refractivity contribution < 1.29 is 18.6 Å². The van der Waals surface area contributed by atoms with Crippen molar-refractivity contribution in [2.24, 2.45) is 0 Å². The van der Waals surface area contributed by atoms with Crippen molar-refractivity contribution in [2.45, 2.75) is 6.61 Å². The van der Waals surface area contributed by atoms with Crippen molar-refractivity contribution in [1.29, 1.82) is 0 Å². The van der Waals surface area contributed by atoms with Gasteiger partial charge in [0, 0.05) is 0 Å². The number of nitrogens with zero attached hydrogens (tertiary/aromatic N) is 4. The Balaban J connectivity index is 2.22. The lowest BCUT2D eigenvalue weighted by Crippen LogP contribution is -2.13. The minimum absolute atomic E-state index is 0.0313. The lowest BCUT2D eigenvalue weighted by Gasteiger charge is -2.03. The van der Waals surface area contributed by atoms with Crippen molar-refractivity contribution in [1.82, 2.24) is 20.0 Å². The van der Waals surface area contributed by atoms with E-state index in [0.29, 0.717) is 0 Å². The van der Waals surface area contributed by atoms with E-state index in [1.807, 2.05) is 0 Å². The first kappa shape index (κ1) is 13.5. The fourth-order valence-electron chi connectivity index (χ4n) is 1.73. The zero-order valence-electron chi connectivity index (χ0n) is 10.2. The Hall–Kier alpha value is -2.52. The second kappa shape index (κ2) is 5.11. The highest BCUT2D eigenvalue weighted by Crippen LogP contribution is 2.23. The zero-order valence-corrected chi connectivity index (χ0v) is 10.9. The van der Waals surface area contributed by atoms with Gasteiger partial charge in [-0.1, -0.05) is 21.9 Å². The number of benzene rings is 1. The van der Waals surface area contributed by atoms with Crippen LogP contribution in [0.4, 0.5) is 4.39 Å². The standard InChI is InChI=1S/C11H6ClFN4O4/c12-6-3-5(1-2-7(6)13)17-10(16-20-11(17)19)9-8(4-18)14-21-15-9/h1-3,18H,4H2. The SMILES string of the molecule is O=c1onc(-c2nonc2CO)n1-c1ccc(F)c(Cl)c1. The molecule has 0 aliphatic carbocycles. The molecule has 0 fully saturated rings. The summed E-state index contributed by atoms with van der Waals surface area (Å²) in [5.74, 6) is -1.52. The van der Waals surface area contributed by atoms with Crippen molar-refractivity contribution in [3.05, 3.63) is 45.3 Å². The van der Waals surface area contributed by atoms with Gasteiger partial charge < -0.3 is 5.11 Å². The summed E-state index contributed by atoms with van der Waals surface area (Å²) in [4.78, 5) is 11.8. The van der Waals surface area contributed by atoms with E-state index >= 15 is 0 Å². The maximum Gasteiger partial charge on any atom is 0.446 e. The summed E-state index contributed by atoms with van der Waals surface area (Å²) in [5, 5.41) is 19.6. The van der Waals surface area contributed by atoms with Crippen LogP contribution in [0.5, 0.6) is 0 Å². The van der Waals surface area contributed by atoms with Crippen LogP contribution in [0.3, 0.4) is 0 Å². The molecule has 10 heteroatoms. The normalized spacial score (nSPS) is 11.0. The summed E-state index contributed by atoms with van der Waals surface area (Å²) in [6, 6.07) is 3.63. The van der Waals surface area contributed by atoms with E-state index in [4.69, 9.17) is 16.7 Å². The van der Waals surface area contributed by atoms with Gasteiger partial charge in [0.05, 0.1) is 17.3 Å². The van der Waals surface area contributed by atoms with Gasteiger partial charge in [-0.15, -0.1) is 0 Å². The summed E-state index contributed by atoms with van der Waals surface area (Å²) in [5.41, 5.74) is 0.323. The average Bonchev–Trinajstić information content (AvgIpc) is 3.07. The number of aromatic nitrogens is 4. The Labute approximate surface area is 120 Å². The molecule has 108 valence electrons. The molecule has 0 aliphatic rings. The van der Waals surface area contributed by atoms with Gasteiger partial charge in [0.25, 0.3) is 0 Å². The third-order valence-corrected chi connectivity index (χ3v) is 2.97. The summed E-state index contributed by atoms with van der Waals surface area (Å²) in [6.45, 7) is -0.468. The van der Waals surface area contributed by atoms with Gasteiger partial charge in [-0.25, -0.2) is 18.4 Å². The van der Waals surface area contributed by atoms with Gasteiger partial charge in [-0.3, -0.25) is 4.52 Å². The van der Waals surface area contributed by atoms with Crippen LogP contribution in [0.2, 0.25) is 5.02 Å². The molecular formula is C11H6ClFN4O4. The molecule has 2 heterocycles. The molecule has 21 heavy (non-hydrogen) atoms. The summed E-state index contributed by atoms with van der Waals surface area (Å²) in [7, 11) is 0. The molecule has 3 aromatic rings. The highest BCUT2D eigenvalue weighted by molar-refractivity contribution is 6.30. The van der Waals surface area contributed by atoms with Gasteiger partial charge in [-0.2, -0.15) is 0 Å². The van der Waals surface area contributed by atoms with Crippen LogP contribution < -0.4 is 5.76 Å². The smallest absolute Gasteiger partial charge is 0.390 e. The van der Waals surface area contributed by atoms with Crippen molar-refractivity contribution in [2.75, 3.05) is 0 Å². The Kier molecular flexibility index (Phi) is 3.28. The van der Waals surface area contributed by atoms with E-state index in [1.54, 1.807) is 0 Å². The molecule has 2 aromatic heterocycles. The maximum absolute atomic E-state index is 13.2. The van der Waals surface area contributed by atoms with Gasteiger partial charge >= 0.3 is 5.76 Å². The highest BCUT2D eigenvalue weighted by atomic mass is 35.5. The number of hydrogen-bond acceptors (Lipinski definition) is 7. The maximum atomic E-state index is 13.2. The Morgan fingerprint density at radius 2 is 2.14 bits per heavy atom. The first-order valence-corrected chi connectivity index (χ1v) is 5.96. The molecule has 0 spiro atoms. The molecule has 0 saturated carbocycles. The molecule has 0 radical (unpaired) electrons. The molecule has 3 rings (SSSR count). The highest BCUT2D eigenvalue weighted by Gasteiger charge is 2.22. The summed E-state index contributed by atoms with van der Waals surface area (Å²) in [6.07, 6.45) is 0. The molecule has 0 aliphatic heterocycles. The van der Waals surface area contributed by atoms with Crippen LogP contribution in [0.25, 0.3) is 17.2 Å². The van der Waals surface area contributed by atoms with E-state index in [9.17, 15) is 9.18 Å². The number of aliphatic hydroxyl groups is 1. The van der Waals surface area contributed by atoms with E-state index < -0.39 is 18.2 Å². The van der Waals surface area contributed by atoms with E-state index in [2.05, 4.69) is 24.6 Å². The van der Waals surface area contributed by atoms with E-state index in [0.717, 1.165) is 10.6 Å². The molecule has 0 amide bonds. The van der Waals surface area contributed by atoms with Crippen LogP contribution in [0, 0.1) is 5.82 Å². The van der Waals surface area contributed by atoms with Crippen LogP contribution in [0.15, 0.2) is 32.1 Å². The third-order valence-electron chi connectivity index (χ3n) is 2.68. The number of rotatable bonds is 3. The largest absolute Gasteiger partial charge is 0.446 e. The zero-order chi connectivity index (χ0) is 15.0. The molecule has 1 aromatic carbocycles. The number of halogens is 2. The van der Waals surface area contributed by atoms with Gasteiger partial charge in [0.2, 0.25) is 5.82 Å². The lowest BCUT2D eigenvalue weighted by molar-refractivity contribution is 0.254. The van der Waals surface area contributed by atoms with Gasteiger partial charge in [-0.05, 0) is 23.4 Å². The quantitative estimate of drug-likeness (QED) is 0.773.